The number of benzene rings is 1. The van der Waals surface area contributed by atoms with Crippen LogP contribution in [-0.4, -0.2) is 26.0 Å². The van der Waals surface area contributed by atoms with Crippen molar-refractivity contribution in [3.8, 4) is 11.3 Å². The van der Waals surface area contributed by atoms with Crippen molar-refractivity contribution in [2.45, 2.75) is 38.8 Å². The summed E-state index contributed by atoms with van der Waals surface area (Å²) in [6.45, 7) is 2.96. The number of fused-ring (bicyclic) bond motifs is 1. The number of nitrogens with one attached hydrogen (secondary N) is 1. The topological polar surface area (TPSA) is 68.0 Å². The Morgan fingerprint density at radius 1 is 1.22 bits per heavy atom. The predicted octanol–water partition coefficient (Wildman–Crippen LogP) is 4.54. The smallest absolute Gasteiger partial charge is 0.159 e. The van der Waals surface area contributed by atoms with Crippen molar-refractivity contribution in [1.29, 1.82) is 0 Å². The Hall–Kier alpha value is -3.09. The molecule has 3 heterocycles. The molecule has 1 atom stereocenters. The fraction of sp³-hybridized carbons (Fsp3) is 0.300. The van der Waals surface area contributed by atoms with E-state index in [1.807, 2.05) is 29.1 Å². The van der Waals surface area contributed by atoms with E-state index in [2.05, 4.69) is 32.3 Å². The van der Waals surface area contributed by atoms with E-state index in [1.54, 1.807) is 12.5 Å². The molecule has 1 aliphatic heterocycles. The minimum absolute atomic E-state index is 0.0532. The molecule has 4 rings (SSSR count). The maximum atomic E-state index is 13.3. The van der Waals surface area contributed by atoms with Crippen LogP contribution in [0.15, 0.2) is 47.8 Å². The molecule has 3 aromatic rings. The summed E-state index contributed by atoms with van der Waals surface area (Å²) in [4.78, 5) is 13.2. The second-order valence-electron chi connectivity index (χ2n) is 6.53. The van der Waals surface area contributed by atoms with Gasteiger partial charge >= 0.3 is 0 Å². The maximum Gasteiger partial charge on any atom is 0.159 e. The van der Waals surface area contributed by atoms with Crippen LogP contribution in [0.3, 0.4) is 0 Å². The first-order valence-electron chi connectivity index (χ1n) is 9.17. The molecule has 0 fully saturated rings. The Kier molecular flexibility index (Phi) is 4.91. The van der Waals surface area contributed by atoms with E-state index in [1.165, 1.54) is 12.1 Å². The molecule has 7 heteroatoms. The Morgan fingerprint density at radius 3 is 2.89 bits per heavy atom. The van der Waals surface area contributed by atoms with Crippen molar-refractivity contribution in [3.05, 3.63) is 54.2 Å². The number of halogens is 1. The zero-order valence-electron chi connectivity index (χ0n) is 15.1. The van der Waals surface area contributed by atoms with Gasteiger partial charge in [-0.25, -0.2) is 24.0 Å². The average molecular weight is 364 g/mol. The molecule has 2 aromatic heterocycles. The lowest BCUT2D eigenvalue weighted by atomic mass is 10.0. The molecule has 27 heavy (non-hydrogen) atoms. The molecule has 6 nitrogen and oxygen atoms in total. The second kappa shape index (κ2) is 7.65. The van der Waals surface area contributed by atoms with Gasteiger partial charge in [0, 0.05) is 25.2 Å². The fourth-order valence-electron chi connectivity index (χ4n) is 3.26. The van der Waals surface area contributed by atoms with Gasteiger partial charge < -0.3 is 5.32 Å². The Labute approximate surface area is 157 Å². The summed E-state index contributed by atoms with van der Waals surface area (Å²) < 4.78 is 15.1. The number of hydrogen-bond acceptors (Lipinski definition) is 5. The van der Waals surface area contributed by atoms with E-state index in [9.17, 15) is 4.39 Å². The summed E-state index contributed by atoms with van der Waals surface area (Å²) in [6, 6.07) is 8.57. The molecule has 0 aliphatic carbocycles. The molecule has 1 N–H and O–H groups in total. The van der Waals surface area contributed by atoms with Crippen LogP contribution in [0.1, 0.15) is 37.8 Å². The van der Waals surface area contributed by atoms with Crippen molar-refractivity contribution in [2.24, 2.45) is 4.99 Å². The van der Waals surface area contributed by atoms with E-state index in [0.29, 0.717) is 0 Å². The van der Waals surface area contributed by atoms with Crippen LogP contribution in [0, 0.1) is 5.82 Å². The SMILES string of the molecule is CCC[C@H](Nc1cc(-c2cnn3c2N=CCC3)ncn1)c1ccc(F)cc1. The quantitative estimate of drug-likeness (QED) is 0.697. The van der Waals surface area contributed by atoms with Crippen molar-refractivity contribution >= 4 is 17.9 Å². The number of rotatable bonds is 6. The van der Waals surface area contributed by atoms with Crippen molar-refractivity contribution in [2.75, 3.05) is 5.32 Å². The number of hydrogen-bond donors (Lipinski definition) is 1. The van der Waals surface area contributed by atoms with Gasteiger partial charge in [0.2, 0.25) is 0 Å². The summed E-state index contributed by atoms with van der Waals surface area (Å²) in [5, 5.41) is 7.85. The number of nitrogens with zero attached hydrogens (tertiary/aromatic N) is 5. The van der Waals surface area contributed by atoms with Gasteiger partial charge in [-0.1, -0.05) is 25.5 Å². The van der Waals surface area contributed by atoms with Gasteiger partial charge in [-0.3, -0.25) is 0 Å². The van der Waals surface area contributed by atoms with Gasteiger partial charge in [0.25, 0.3) is 0 Å². The summed E-state index contributed by atoms with van der Waals surface area (Å²) >= 11 is 0. The normalized spacial score (nSPS) is 14.0. The third kappa shape index (κ3) is 3.72. The largest absolute Gasteiger partial charge is 0.363 e. The van der Waals surface area contributed by atoms with Crippen LogP contribution >= 0.6 is 0 Å². The molecule has 0 spiro atoms. The molecule has 0 radical (unpaired) electrons. The van der Waals surface area contributed by atoms with Gasteiger partial charge in [-0.2, -0.15) is 5.10 Å². The lowest BCUT2D eigenvalue weighted by Crippen LogP contribution is -2.12. The molecule has 1 aromatic carbocycles. The number of aliphatic imine (C=N–C) groups is 1. The van der Waals surface area contributed by atoms with Gasteiger partial charge in [-0.15, -0.1) is 0 Å². The van der Waals surface area contributed by atoms with Crippen LogP contribution < -0.4 is 5.32 Å². The van der Waals surface area contributed by atoms with E-state index in [-0.39, 0.29) is 11.9 Å². The summed E-state index contributed by atoms with van der Waals surface area (Å²) in [5.74, 6) is 1.32. The summed E-state index contributed by atoms with van der Waals surface area (Å²) in [6.07, 6.45) is 8.06. The molecule has 0 bridgehead atoms. The molecule has 0 amide bonds. The van der Waals surface area contributed by atoms with Crippen LogP contribution in [-0.2, 0) is 6.54 Å². The monoisotopic (exact) mass is 364 g/mol. The molecule has 0 saturated heterocycles. The standard InChI is InChI=1S/C20H21FN6/c1-2-4-17(14-5-7-15(21)8-6-14)26-19-11-18(23-13-24-19)16-12-25-27-10-3-9-22-20(16)27/h5-9,11-13,17H,2-4,10H2,1H3,(H,23,24,26)/t17-/m0/s1. The number of aryl methyl sites for hydroxylation is 1. The van der Waals surface area contributed by atoms with Crippen LogP contribution in [0.5, 0.6) is 0 Å². The number of anilines is 1. The molecule has 0 saturated carbocycles. The van der Waals surface area contributed by atoms with Crippen molar-refractivity contribution in [3.63, 3.8) is 0 Å². The molecule has 138 valence electrons. The van der Waals surface area contributed by atoms with Gasteiger partial charge in [0.15, 0.2) is 5.82 Å². The Bertz CT molecular complexity index is 947. The first-order chi connectivity index (χ1) is 13.2. The Balaban J connectivity index is 1.61. The summed E-state index contributed by atoms with van der Waals surface area (Å²) in [5.41, 5.74) is 2.71. The summed E-state index contributed by atoms with van der Waals surface area (Å²) in [7, 11) is 0. The van der Waals surface area contributed by atoms with Crippen LogP contribution in [0.4, 0.5) is 16.0 Å². The zero-order valence-corrected chi connectivity index (χ0v) is 15.1. The predicted molar refractivity (Wildman–Crippen MR) is 104 cm³/mol. The highest BCUT2D eigenvalue weighted by Gasteiger charge is 2.17. The lowest BCUT2D eigenvalue weighted by molar-refractivity contribution is 0.623. The van der Waals surface area contributed by atoms with E-state index in [0.717, 1.165) is 54.3 Å². The van der Waals surface area contributed by atoms with Gasteiger partial charge in [-0.05, 0) is 24.1 Å². The molecule has 0 unspecified atom stereocenters. The van der Waals surface area contributed by atoms with Crippen molar-refractivity contribution in [1.82, 2.24) is 19.7 Å². The Morgan fingerprint density at radius 2 is 2.07 bits per heavy atom. The average Bonchev–Trinajstić information content (AvgIpc) is 3.13. The highest BCUT2D eigenvalue weighted by atomic mass is 19.1. The minimum atomic E-state index is -0.232. The van der Waals surface area contributed by atoms with Gasteiger partial charge in [0.1, 0.15) is 18.0 Å². The van der Waals surface area contributed by atoms with E-state index >= 15 is 0 Å². The number of aromatic nitrogens is 4. The second-order valence-corrected chi connectivity index (χ2v) is 6.53. The van der Waals surface area contributed by atoms with Crippen LogP contribution in [0.25, 0.3) is 11.3 Å². The van der Waals surface area contributed by atoms with E-state index < -0.39 is 0 Å². The zero-order chi connectivity index (χ0) is 18.6. The highest BCUT2D eigenvalue weighted by molar-refractivity contribution is 5.76. The fourth-order valence-corrected chi connectivity index (χ4v) is 3.26. The third-order valence-corrected chi connectivity index (χ3v) is 4.61. The highest BCUT2D eigenvalue weighted by Crippen LogP contribution is 2.32. The third-order valence-electron chi connectivity index (χ3n) is 4.61. The van der Waals surface area contributed by atoms with Crippen LogP contribution in [0.2, 0.25) is 0 Å². The molecule has 1 aliphatic rings. The minimum Gasteiger partial charge on any atom is -0.363 e. The lowest BCUT2D eigenvalue weighted by Gasteiger charge is -2.19. The van der Waals surface area contributed by atoms with Crippen molar-refractivity contribution < 1.29 is 4.39 Å². The molecular weight excluding hydrogens is 343 g/mol. The first kappa shape index (κ1) is 17.3. The maximum absolute atomic E-state index is 13.3. The van der Waals surface area contributed by atoms with E-state index in [4.69, 9.17) is 0 Å². The van der Waals surface area contributed by atoms with Gasteiger partial charge in [0.05, 0.1) is 23.5 Å². The molecular formula is C20H21FN6. The first-order valence-corrected chi connectivity index (χ1v) is 9.17.